The van der Waals surface area contributed by atoms with E-state index in [-0.39, 0.29) is 28.3 Å². The van der Waals surface area contributed by atoms with Crippen LogP contribution in [0, 0.1) is 22.7 Å². The van der Waals surface area contributed by atoms with Gasteiger partial charge in [-0.25, -0.2) is 0 Å². The lowest BCUT2D eigenvalue weighted by molar-refractivity contribution is -0.312. The second kappa shape index (κ2) is 6.76. The molecule has 35 heavy (non-hydrogen) atoms. The Bertz CT molecular complexity index is 1070. The third kappa shape index (κ3) is 2.47. The number of benzene rings is 1. The van der Waals surface area contributed by atoms with Gasteiger partial charge in [-0.1, -0.05) is 26.8 Å². The zero-order valence-electron chi connectivity index (χ0n) is 22.4. The van der Waals surface area contributed by atoms with Gasteiger partial charge in [-0.3, -0.25) is 4.90 Å². The summed E-state index contributed by atoms with van der Waals surface area (Å²) in [5, 5.41) is 12.3. The normalized spacial score (nSPS) is 42.9. The fourth-order valence-electron chi connectivity index (χ4n) is 9.73. The molecule has 5 aliphatic carbocycles. The summed E-state index contributed by atoms with van der Waals surface area (Å²) >= 11 is 0. The zero-order chi connectivity index (χ0) is 24.6. The summed E-state index contributed by atoms with van der Waals surface area (Å²) in [6, 6.07) is 4.93. The van der Waals surface area contributed by atoms with Crippen LogP contribution in [-0.4, -0.2) is 60.7 Å². The highest BCUT2D eigenvalue weighted by Crippen LogP contribution is 2.78. The van der Waals surface area contributed by atoms with Crippen LogP contribution in [0.25, 0.3) is 0 Å². The van der Waals surface area contributed by atoms with Gasteiger partial charge in [-0.05, 0) is 81.4 Å². The van der Waals surface area contributed by atoms with E-state index in [0.29, 0.717) is 6.04 Å². The van der Waals surface area contributed by atoms with Gasteiger partial charge in [-0.15, -0.1) is 0 Å². The molecule has 192 valence electrons. The van der Waals surface area contributed by atoms with E-state index in [0.717, 1.165) is 56.1 Å². The standard InChI is InChI=1S/C30H43NO4/c1-26(2,3)27(4,32)21-16-28-11-12-30(21,34-6)25-29(28)13-14-31(17-18-7-8-18)22(28)15-19-9-10-20(33-5)24(35-25)23(19)29/h9-10,18,21-22,25,32H,7-8,11-17H2,1-6H3/t21?,22-,25?,27?,28?,29+,30?/m1/s1. The van der Waals surface area contributed by atoms with Gasteiger partial charge < -0.3 is 19.3 Å². The number of piperidine rings is 1. The van der Waals surface area contributed by atoms with E-state index in [9.17, 15) is 5.11 Å². The van der Waals surface area contributed by atoms with Gasteiger partial charge in [0.25, 0.3) is 0 Å². The minimum absolute atomic E-state index is 0.0112. The number of nitrogens with zero attached hydrogens (tertiary/aromatic N) is 1. The molecule has 2 heterocycles. The molecule has 0 radical (unpaired) electrons. The Hall–Kier alpha value is -1.30. The molecule has 1 aromatic carbocycles. The first-order valence-electron chi connectivity index (χ1n) is 13.9. The number of rotatable bonds is 5. The monoisotopic (exact) mass is 481 g/mol. The lowest BCUT2D eigenvalue weighted by Gasteiger charge is -2.75. The van der Waals surface area contributed by atoms with Crippen molar-refractivity contribution < 1.29 is 19.3 Å². The summed E-state index contributed by atoms with van der Waals surface area (Å²) in [7, 11) is 3.63. The summed E-state index contributed by atoms with van der Waals surface area (Å²) in [5.74, 6) is 2.71. The largest absolute Gasteiger partial charge is 0.493 e. The van der Waals surface area contributed by atoms with Crippen molar-refractivity contribution >= 4 is 0 Å². The van der Waals surface area contributed by atoms with Crippen molar-refractivity contribution in [3.05, 3.63) is 23.3 Å². The molecule has 1 aromatic rings. The van der Waals surface area contributed by atoms with Gasteiger partial charge in [0.2, 0.25) is 0 Å². The van der Waals surface area contributed by atoms with Gasteiger partial charge in [0, 0.05) is 42.0 Å². The predicted molar refractivity (Wildman–Crippen MR) is 135 cm³/mol. The highest BCUT2D eigenvalue weighted by atomic mass is 16.6. The molecule has 7 aliphatic rings. The summed E-state index contributed by atoms with van der Waals surface area (Å²) in [4.78, 5) is 2.86. The van der Waals surface area contributed by atoms with Crippen molar-refractivity contribution in [1.29, 1.82) is 0 Å². The minimum Gasteiger partial charge on any atom is -0.493 e. The SMILES string of the molecule is COc1ccc2c3c1OC1C4(OC)CCC5(CC4C(C)(O)C(C)(C)C)[C@@H](C2)N(CC2CC2)CC[C@]315. The molecule has 8 rings (SSSR count). The van der Waals surface area contributed by atoms with Gasteiger partial charge in [-0.2, -0.15) is 0 Å². The van der Waals surface area contributed by atoms with Crippen molar-refractivity contribution in [2.75, 3.05) is 27.3 Å². The molecule has 7 atom stereocenters. The Labute approximate surface area is 210 Å². The second-order valence-electron chi connectivity index (χ2n) is 14.0. The van der Waals surface area contributed by atoms with Crippen LogP contribution in [0.15, 0.2) is 12.1 Å². The van der Waals surface area contributed by atoms with Gasteiger partial charge in [0.1, 0.15) is 11.7 Å². The first-order chi connectivity index (χ1) is 16.6. The van der Waals surface area contributed by atoms with E-state index in [4.69, 9.17) is 14.2 Å². The molecule has 2 spiro atoms. The van der Waals surface area contributed by atoms with Crippen LogP contribution in [0.3, 0.4) is 0 Å². The van der Waals surface area contributed by atoms with E-state index in [1.165, 1.54) is 30.5 Å². The maximum Gasteiger partial charge on any atom is 0.165 e. The highest BCUT2D eigenvalue weighted by Gasteiger charge is 2.82. The summed E-state index contributed by atoms with van der Waals surface area (Å²) in [5.41, 5.74) is 1.26. The van der Waals surface area contributed by atoms with Gasteiger partial charge >= 0.3 is 0 Å². The first kappa shape index (κ1) is 22.9. The maximum absolute atomic E-state index is 12.3. The highest BCUT2D eigenvalue weighted by molar-refractivity contribution is 5.63. The Morgan fingerprint density at radius 3 is 2.54 bits per heavy atom. The number of likely N-dealkylation sites (tertiary alicyclic amines) is 1. The summed E-state index contributed by atoms with van der Waals surface area (Å²) in [6.45, 7) is 11.0. The van der Waals surface area contributed by atoms with Gasteiger partial charge in [0.05, 0.1) is 12.7 Å². The first-order valence-corrected chi connectivity index (χ1v) is 13.9. The van der Waals surface area contributed by atoms with Crippen molar-refractivity contribution in [2.24, 2.45) is 22.7 Å². The Morgan fingerprint density at radius 1 is 1.11 bits per heavy atom. The van der Waals surface area contributed by atoms with E-state index < -0.39 is 11.2 Å². The van der Waals surface area contributed by atoms with Crippen LogP contribution < -0.4 is 9.47 Å². The molecule has 4 bridgehead atoms. The smallest absolute Gasteiger partial charge is 0.165 e. The molecule has 1 saturated heterocycles. The summed E-state index contributed by atoms with van der Waals surface area (Å²) < 4.78 is 19.6. The van der Waals surface area contributed by atoms with E-state index in [1.807, 2.05) is 7.11 Å². The quantitative estimate of drug-likeness (QED) is 0.660. The molecule has 0 aromatic heterocycles. The summed E-state index contributed by atoms with van der Waals surface area (Å²) in [6.07, 6.45) is 8.00. The fraction of sp³-hybridized carbons (Fsp3) is 0.800. The molecule has 0 amide bonds. The third-order valence-electron chi connectivity index (χ3n) is 12.1. The van der Waals surface area contributed by atoms with E-state index in [2.05, 4.69) is 44.7 Å². The Morgan fingerprint density at radius 2 is 1.89 bits per heavy atom. The molecule has 5 heteroatoms. The number of methoxy groups -OCH3 is 2. The lowest BCUT2D eigenvalue weighted by atomic mass is 9.33. The van der Waals surface area contributed by atoms with E-state index >= 15 is 0 Å². The lowest BCUT2D eigenvalue weighted by Crippen LogP contribution is -2.83. The minimum atomic E-state index is -0.879. The van der Waals surface area contributed by atoms with Crippen LogP contribution in [0.1, 0.15) is 77.3 Å². The van der Waals surface area contributed by atoms with Crippen LogP contribution in [0.2, 0.25) is 0 Å². The number of hydrogen-bond acceptors (Lipinski definition) is 5. The van der Waals surface area contributed by atoms with Crippen molar-refractivity contribution in [2.45, 2.75) is 101 Å². The van der Waals surface area contributed by atoms with Crippen molar-refractivity contribution in [1.82, 2.24) is 4.90 Å². The maximum atomic E-state index is 12.3. The van der Waals surface area contributed by atoms with Gasteiger partial charge in [0.15, 0.2) is 11.5 Å². The molecule has 2 aliphatic heterocycles. The Balaban J connectivity index is 1.48. The Kier molecular flexibility index (Phi) is 4.42. The predicted octanol–water partition coefficient (Wildman–Crippen LogP) is 4.72. The molecule has 4 saturated carbocycles. The van der Waals surface area contributed by atoms with Crippen LogP contribution in [0.4, 0.5) is 0 Å². The number of hydrogen-bond donors (Lipinski definition) is 1. The second-order valence-corrected chi connectivity index (χ2v) is 14.0. The fourth-order valence-corrected chi connectivity index (χ4v) is 9.73. The average molecular weight is 482 g/mol. The number of ether oxygens (including phenoxy) is 3. The van der Waals surface area contributed by atoms with E-state index in [1.54, 1.807) is 7.11 Å². The molecule has 5 nitrogen and oxygen atoms in total. The number of aliphatic hydroxyl groups is 1. The molecular formula is C30H43NO4. The van der Waals surface area contributed by atoms with Crippen molar-refractivity contribution in [3.8, 4) is 11.5 Å². The molecular weight excluding hydrogens is 438 g/mol. The number of fused-ring (bicyclic) bond motifs is 2. The molecule has 1 N–H and O–H groups in total. The molecule has 5 fully saturated rings. The van der Waals surface area contributed by atoms with Crippen LogP contribution >= 0.6 is 0 Å². The van der Waals surface area contributed by atoms with Crippen molar-refractivity contribution in [3.63, 3.8) is 0 Å². The topological polar surface area (TPSA) is 51.2 Å². The van der Waals surface area contributed by atoms with Crippen LogP contribution in [-0.2, 0) is 16.6 Å². The zero-order valence-corrected chi connectivity index (χ0v) is 22.4. The third-order valence-corrected chi connectivity index (χ3v) is 12.1. The molecule has 5 unspecified atom stereocenters. The average Bonchev–Trinajstić information content (AvgIpc) is 3.56. The van der Waals surface area contributed by atoms with Crippen LogP contribution in [0.5, 0.6) is 11.5 Å².